The van der Waals surface area contributed by atoms with Crippen LogP contribution in [0.25, 0.3) is 0 Å². The Kier molecular flexibility index (Phi) is 9.13. The molecule has 0 aliphatic carbocycles. The third-order valence-corrected chi connectivity index (χ3v) is 2.93. The fraction of sp³-hybridized carbons (Fsp3) is 0.857. The quantitative estimate of drug-likeness (QED) is 0.370. The van der Waals surface area contributed by atoms with Crippen molar-refractivity contribution in [3.05, 3.63) is 12.2 Å². The average molecular weight is 196 g/mol. The molecule has 0 aliphatic rings. The van der Waals surface area contributed by atoms with Crippen LogP contribution in [0.1, 0.15) is 66.2 Å². The van der Waals surface area contributed by atoms with E-state index in [9.17, 15) is 0 Å². The molecule has 0 N–H and O–H groups in total. The Bertz CT molecular complexity index is 135. The van der Waals surface area contributed by atoms with Crippen molar-refractivity contribution < 1.29 is 0 Å². The van der Waals surface area contributed by atoms with E-state index in [2.05, 4.69) is 39.8 Å². The van der Waals surface area contributed by atoms with Crippen LogP contribution in [-0.4, -0.2) is 0 Å². The highest BCUT2D eigenvalue weighted by atomic mass is 14.1. The van der Waals surface area contributed by atoms with E-state index in [0.29, 0.717) is 0 Å². The molecule has 0 fully saturated rings. The molecule has 0 rings (SSSR count). The zero-order valence-electron chi connectivity index (χ0n) is 10.6. The van der Waals surface area contributed by atoms with Crippen LogP contribution in [0.4, 0.5) is 0 Å². The van der Waals surface area contributed by atoms with E-state index >= 15 is 0 Å². The maximum Gasteiger partial charge on any atom is -0.0325 e. The van der Waals surface area contributed by atoms with Crippen LogP contribution in [0.5, 0.6) is 0 Å². The van der Waals surface area contributed by atoms with Gasteiger partial charge in [-0.25, -0.2) is 0 Å². The molecule has 0 saturated heterocycles. The monoisotopic (exact) mass is 196 g/mol. The number of unbranched alkanes of at least 4 members (excludes halogenated alkanes) is 2. The van der Waals surface area contributed by atoms with Crippen molar-refractivity contribution in [2.45, 2.75) is 66.2 Å². The number of hydrogen-bond donors (Lipinski definition) is 0. The summed E-state index contributed by atoms with van der Waals surface area (Å²) in [5.74, 6) is 1.76. The SMILES string of the molecule is CCCCC=CCC(C)CC(C)CC. The van der Waals surface area contributed by atoms with Gasteiger partial charge in [0.15, 0.2) is 0 Å². The van der Waals surface area contributed by atoms with Crippen LogP contribution in [0.2, 0.25) is 0 Å². The van der Waals surface area contributed by atoms with Crippen molar-refractivity contribution in [2.24, 2.45) is 11.8 Å². The van der Waals surface area contributed by atoms with Crippen molar-refractivity contribution in [3.8, 4) is 0 Å². The molecule has 0 saturated carbocycles. The Hall–Kier alpha value is -0.260. The first-order valence-corrected chi connectivity index (χ1v) is 6.35. The minimum Gasteiger partial charge on any atom is -0.0885 e. The van der Waals surface area contributed by atoms with Gasteiger partial charge >= 0.3 is 0 Å². The highest BCUT2D eigenvalue weighted by Gasteiger charge is 2.04. The van der Waals surface area contributed by atoms with E-state index in [-0.39, 0.29) is 0 Å². The molecule has 0 radical (unpaired) electrons. The Morgan fingerprint density at radius 1 is 1.00 bits per heavy atom. The Morgan fingerprint density at radius 2 is 1.71 bits per heavy atom. The second-order valence-electron chi connectivity index (χ2n) is 4.70. The summed E-state index contributed by atoms with van der Waals surface area (Å²) in [6.45, 7) is 9.27. The Morgan fingerprint density at radius 3 is 2.29 bits per heavy atom. The summed E-state index contributed by atoms with van der Waals surface area (Å²) in [5.41, 5.74) is 0. The van der Waals surface area contributed by atoms with Crippen molar-refractivity contribution >= 4 is 0 Å². The molecule has 0 aliphatic heterocycles. The van der Waals surface area contributed by atoms with Gasteiger partial charge in [-0.05, 0) is 31.1 Å². The predicted molar refractivity (Wildman–Crippen MR) is 66.5 cm³/mol. The molecule has 0 aromatic rings. The van der Waals surface area contributed by atoms with Crippen LogP contribution in [0, 0.1) is 11.8 Å². The van der Waals surface area contributed by atoms with Crippen LogP contribution in [-0.2, 0) is 0 Å². The van der Waals surface area contributed by atoms with Gasteiger partial charge in [0.2, 0.25) is 0 Å². The Balaban J connectivity index is 3.42. The Labute approximate surface area is 90.8 Å². The predicted octanol–water partition coefficient (Wildman–Crippen LogP) is 5.20. The van der Waals surface area contributed by atoms with Gasteiger partial charge in [0.25, 0.3) is 0 Å². The van der Waals surface area contributed by atoms with Gasteiger partial charge in [-0.1, -0.05) is 59.1 Å². The zero-order valence-corrected chi connectivity index (χ0v) is 10.6. The molecular weight excluding hydrogens is 168 g/mol. The first kappa shape index (κ1) is 13.7. The van der Waals surface area contributed by atoms with E-state index < -0.39 is 0 Å². The molecule has 2 unspecified atom stereocenters. The molecule has 0 aromatic carbocycles. The number of rotatable bonds is 8. The summed E-state index contributed by atoms with van der Waals surface area (Å²) in [6.07, 6.45) is 12.6. The lowest BCUT2D eigenvalue weighted by molar-refractivity contribution is 0.408. The summed E-state index contributed by atoms with van der Waals surface area (Å²) in [4.78, 5) is 0. The van der Waals surface area contributed by atoms with Crippen molar-refractivity contribution in [2.75, 3.05) is 0 Å². The minimum atomic E-state index is 0.864. The van der Waals surface area contributed by atoms with Gasteiger partial charge in [-0.3, -0.25) is 0 Å². The smallest absolute Gasteiger partial charge is 0.0325 e. The van der Waals surface area contributed by atoms with E-state index in [1.807, 2.05) is 0 Å². The minimum absolute atomic E-state index is 0.864. The normalized spacial score (nSPS) is 16.0. The van der Waals surface area contributed by atoms with E-state index in [1.165, 1.54) is 38.5 Å². The third kappa shape index (κ3) is 8.34. The lowest BCUT2D eigenvalue weighted by Crippen LogP contribution is -2.00. The van der Waals surface area contributed by atoms with E-state index in [4.69, 9.17) is 0 Å². The van der Waals surface area contributed by atoms with Crippen LogP contribution < -0.4 is 0 Å². The van der Waals surface area contributed by atoms with Crippen LogP contribution in [0.15, 0.2) is 12.2 Å². The fourth-order valence-electron chi connectivity index (χ4n) is 1.72. The van der Waals surface area contributed by atoms with Crippen LogP contribution >= 0.6 is 0 Å². The fourth-order valence-corrected chi connectivity index (χ4v) is 1.72. The number of allylic oxidation sites excluding steroid dienone is 2. The maximum absolute atomic E-state index is 2.38. The molecule has 0 bridgehead atoms. The molecule has 0 nitrogen and oxygen atoms in total. The summed E-state index contributed by atoms with van der Waals surface area (Å²) < 4.78 is 0. The van der Waals surface area contributed by atoms with Crippen molar-refractivity contribution in [1.29, 1.82) is 0 Å². The lowest BCUT2D eigenvalue weighted by atomic mass is 9.93. The zero-order chi connectivity index (χ0) is 10.8. The topological polar surface area (TPSA) is 0 Å². The summed E-state index contributed by atoms with van der Waals surface area (Å²) >= 11 is 0. The molecule has 0 heterocycles. The summed E-state index contributed by atoms with van der Waals surface area (Å²) in [6, 6.07) is 0. The summed E-state index contributed by atoms with van der Waals surface area (Å²) in [7, 11) is 0. The summed E-state index contributed by atoms with van der Waals surface area (Å²) in [5, 5.41) is 0. The first-order chi connectivity index (χ1) is 6.70. The number of hydrogen-bond acceptors (Lipinski definition) is 0. The second kappa shape index (κ2) is 9.30. The second-order valence-corrected chi connectivity index (χ2v) is 4.70. The maximum atomic E-state index is 2.38. The third-order valence-electron chi connectivity index (χ3n) is 2.93. The van der Waals surface area contributed by atoms with E-state index in [0.717, 1.165) is 11.8 Å². The largest absolute Gasteiger partial charge is 0.0885 e. The van der Waals surface area contributed by atoms with Crippen LogP contribution in [0.3, 0.4) is 0 Å². The highest BCUT2D eigenvalue weighted by Crippen LogP contribution is 2.17. The molecule has 14 heavy (non-hydrogen) atoms. The van der Waals surface area contributed by atoms with Crippen molar-refractivity contribution in [3.63, 3.8) is 0 Å². The van der Waals surface area contributed by atoms with Gasteiger partial charge in [-0.15, -0.1) is 0 Å². The molecule has 0 spiro atoms. The molecule has 0 amide bonds. The molecule has 0 aromatic heterocycles. The molecular formula is C14H28. The first-order valence-electron chi connectivity index (χ1n) is 6.35. The standard InChI is InChI=1S/C14H28/c1-5-7-8-9-10-11-14(4)12-13(3)6-2/h9-10,13-14H,5-8,11-12H2,1-4H3. The molecule has 0 heteroatoms. The van der Waals surface area contributed by atoms with Gasteiger partial charge in [-0.2, -0.15) is 0 Å². The lowest BCUT2D eigenvalue weighted by Gasteiger charge is -2.13. The van der Waals surface area contributed by atoms with E-state index in [1.54, 1.807) is 0 Å². The van der Waals surface area contributed by atoms with Gasteiger partial charge in [0.1, 0.15) is 0 Å². The van der Waals surface area contributed by atoms with Crippen molar-refractivity contribution in [1.82, 2.24) is 0 Å². The molecule has 84 valence electrons. The molecule has 2 atom stereocenters. The van der Waals surface area contributed by atoms with Gasteiger partial charge in [0.05, 0.1) is 0 Å². The highest BCUT2D eigenvalue weighted by molar-refractivity contribution is 4.83. The van der Waals surface area contributed by atoms with Gasteiger partial charge in [0, 0.05) is 0 Å². The average Bonchev–Trinajstić information content (AvgIpc) is 2.17. The van der Waals surface area contributed by atoms with Gasteiger partial charge < -0.3 is 0 Å².